The Morgan fingerprint density at radius 3 is 2.64 bits per heavy atom. The summed E-state index contributed by atoms with van der Waals surface area (Å²) < 4.78 is 29.9. The van der Waals surface area contributed by atoms with E-state index in [9.17, 15) is 28.3 Å². The number of aromatic hydroxyl groups is 1. The number of pyridine rings is 1. The molecule has 3 aliphatic heterocycles. The fourth-order valence-electron chi connectivity index (χ4n) is 5.01. The summed E-state index contributed by atoms with van der Waals surface area (Å²) in [6.45, 7) is 4.94. The third-order valence-corrected chi connectivity index (χ3v) is 8.20. The molecule has 0 radical (unpaired) electrons. The summed E-state index contributed by atoms with van der Waals surface area (Å²) in [4.78, 5) is 45.8. The Labute approximate surface area is 209 Å². The zero-order chi connectivity index (χ0) is 25.9. The van der Waals surface area contributed by atoms with Crippen molar-refractivity contribution in [3.63, 3.8) is 0 Å². The van der Waals surface area contributed by atoms with Gasteiger partial charge in [0, 0.05) is 37.3 Å². The number of benzene rings is 1. The third kappa shape index (κ3) is 3.74. The maximum atomic E-state index is 14.2. The van der Waals surface area contributed by atoms with Gasteiger partial charge in [-0.1, -0.05) is 16.9 Å². The molecule has 5 rings (SSSR count). The van der Waals surface area contributed by atoms with Crippen LogP contribution < -0.4 is 10.7 Å². The second kappa shape index (κ2) is 8.61. The lowest BCUT2D eigenvalue weighted by Crippen LogP contribution is -2.51. The number of nitrogens with zero attached hydrogens (tertiary/aromatic N) is 3. The van der Waals surface area contributed by atoms with Crippen LogP contribution in [0.5, 0.6) is 5.75 Å². The highest BCUT2D eigenvalue weighted by atomic mass is 32.2. The highest BCUT2D eigenvalue weighted by Crippen LogP contribution is 2.51. The largest absolute Gasteiger partial charge is 0.503 e. The van der Waals surface area contributed by atoms with Gasteiger partial charge in [-0.2, -0.15) is 0 Å². The van der Waals surface area contributed by atoms with Gasteiger partial charge in [-0.15, -0.1) is 0 Å². The molecule has 2 amide bonds. The van der Waals surface area contributed by atoms with Crippen molar-refractivity contribution in [2.24, 2.45) is 5.16 Å². The van der Waals surface area contributed by atoms with E-state index in [-0.39, 0.29) is 23.8 Å². The van der Waals surface area contributed by atoms with Crippen LogP contribution in [-0.4, -0.2) is 49.0 Å². The van der Waals surface area contributed by atoms with Gasteiger partial charge in [0.15, 0.2) is 11.4 Å². The number of aromatic nitrogens is 1. The van der Waals surface area contributed by atoms with E-state index in [1.807, 2.05) is 6.92 Å². The average molecular weight is 519 g/mol. The number of halogens is 2. The van der Waals surface area contributed by atoms with Crippen molar-refractivity contribution in [3.05, 3.63) is 62.6 Å². The highest BCUT2D eigenvalue weighted by molar-refractivity contribution is 8.15. The smallest absolute Gasteiger partial charge is 0.274 e. The number of fused-ring (bicyclic) bond motifs is 5. The minimum Gasteiger partial charge on any atom is -0.503 e. The molecular formula is C24H24F2N4O5S. The Morgan fingerprint density at radius 1 is 1.31 bits per heavy atom. The molecule has 0 aliphatic carbocycles. The highest BCUT2D eigenvalue weighted by Gasteiger charge is 2.54. The Kier molecular flexibility index (Phi) is 5.81. The van der Waals surface area contributed by atoms with Crippen LogP contribution in [0.25, 0.3) is 0 Å². The predicted octanol–water partition coefficient (Wildman–Crippen LogP) is 3.04. The molecule has 1 spiro atoms. The zero-order valence-electron chi connectivity index (χ0n) is 19.8. The summed E-state index contributed by atoms with van der Waals surface area (Å²) in [5.74, 6) is -3.99. The van der Waals surface area contributed by atoms with Crippen molar-refractivity contribution in [1.82, 2.24) is 14.8 Å². The van der Waals surface area contributed by atoms with Crippen molar-refractivity contribution >= 4 is 28.6 Å². The summed E-state index contributed by atoms with van der Waals surface area (Å²) in [6, 6.07) is 1.54. The first-order valence-corrected chi connectivity index (χ1v) is 12.3. The number of thioether (sulfide) groups is 1. The molecule has 2 aromatic rings. The zero-order valence-corrected chi connectivity index (χ0v) is 20.6. The molecule has 1 saturated heterocycles. The Morgan fingerprint density at radius 2 is 2.00 bits per heavy atom. The number of hydrogen-bond donors (Lipinski definition) is 2. The molecule has 1 aromatic carbocycles. The standard InChI is InChI=1S/C24H24F2N4O5S/c1-11-6-16(25)14(17(26)7-11)8-27-22(33)15-9-30-18-10-29(23(34)19(30)21(32)20(15)31)12(2)4-5-24(18)35-28-13(3)36-24/h6-7,9,12,18,32H,4-5,8,10H2,1-3H3,(H,27,33)/t12-,18+,24-/m0/s1. The molecule has 1 aromatic heterocycles. The normalized spacial score (nSPS) is 24.8. The maximum Gasteiger partial charge on any atom is 0.274 e. The molecule has 0 saturated carbocycles. The van der Waals surface area contributed by atoms with Gasteiger partial charge in [-0.3, -0.25) is 14.4 Å². The minimum absolute atomic E-state index is 0.171. The van der Waals surface area contributed by atoms with Crippen molar-refractivity contribution in [2.45, 2.75) is 57.2 Å². The topological polar surface area (TPSA) is 113 Å². The van der Waals surface area contributed by atoms with Crippen LogP contribution in [0.2, 0.25) is 0 Å². The summed E-state index contributed by atoms with van der Waals surface area (Å²) in [5.41, 5.74) is -1.72. The number of hydrogen-bond acceptors (Lipinski definition) is 7. The van der Waals surface area contributed by atoms with Crippen LogP contribution in [0, 0.1) is 18.6 Å². The monoisotopic (exact) mass is 518 g/mol. The lowest BCUT2D eigenvalue weighted by atomic mass is 10.0. The molecule has 3 aliphatic rings. The first-order valence-electron chi connectivity index (χ1n) is 11.5. The first-order chi connectivity index (χ1) is 17.0. The summed E-state index contributed by atoms with van der Waals surface area (Å²) in [7, 11) is 0. The van der Waals surface area contributed by atoms with E-state index < -0.39 is 57.7 Å². The van der Waals surface area contributed by atoms with Gasteiger partial charge >= 0.3 is 0 Å². The van der Waals surface area contributed by atoms with Crippen LogP contribution in [0.4, 0.5) is 8.78 Å². The van der Waals surface area contributed by atoms with Crippen LogP contribution in [-0.2, 0) is 11.4 Å². The van der Waals surface area contributed by atoms with Crippen molar-refractivity contribution in [3.8, 4) is 5.75 Å². The molecule has 190 valence electrons. The Balaban J connectivity index is 1.55. The fourth-order valence-corrected chi connectivity index (χ4v) is 6.21. The molecule has 1 fully saturated rings. The third-order valence-electron chi connectivity index (χ3n) is 6.93. The molecule has 36 heavy (non-hydrogen) atoms. The average Bonchev–Trinajstić information content (AvgIpc) is 3.14. The lowest BCUT2D eigenvalue weighted by Gasteiger charge is -2.41. The minimum atomic E-state index is -1.05. The van der Waals surface area contributed by atoms with Crippen LogP contribution in [0.3, 0.4) is 0 Å². The number of amides is 2. The molecule has 9 nitrogen and oxygen atoms in total. The van der Waals surface area contributed by atoms with Gasteiger partial charge < -0.3 is 24.7 Å². The second-order valence-electron chi connectivity index (χ2n) is 9.34. The maximum absolute atomic E-state index is 14.2. The number of carbonyl (C=O) groups is 2. The van der Waals surface area contributed by atoms with E-state index in [1.165, 1.54) is 29.4 Å². The lowest BCUT2D eigenvalue weighted by molar-refractivity contribution is -0.0118. The van der Waals surface area contributed by atoms with E-state index in [4.69, 9.17) is 4.84 Å². The summed E-state index contributed by atoms with van der Waals surface area (Å²) in [5, 5.41) is 17.9. The van der Waals surface area contributed by atoms with E-state index in [0.29, 0.717) is 23.4 Å². The van der Waals surface area contributed by atoms with Gasteiger partial charge in [0.25, 0.3) is 11.8 Å². The number of oxime groups is 1. The molecular weight excluding hydrogens is 494 g/mol. The van der Waals surface area contributed by atoms with Crippen molar-refractivity contribution in [1.29, 1.82) is 0 Å². The number of rotatable bonds is 3. The molecule has 2 N–H and O–H groups in total. The fraction of sp³-hybridized carbons (Fsp3) is 0.417. The Hall–Kier alpha value is -3.41. The molecule has 0 unspecified atom stereocenters. The van der Waals surface area contributed by atoms with E-state index in [1.54, 1.807) is 11.8 Å². The van der Waals surface area contributed by atoms with Crippen LogP contribution in [0.15, 0.2) is 28.3 Å². The SMILES string of the molecule is CC1=NO[C@@]2(CC[C@H](C)N3C[C@H]2n2cc(C(=O)NCc4c(F)cc(C)cc4F)c(=O)c(O)c2C3=O)S1. The van der Waals surface area contributed by atoms with Gasteiger partial charge in [-0.25, -0.2) is 8.78 Å². The number of aryl methyl sites for hydroxylation is 1. The number of carbonyl (C=O) groups excluding carboxylic acids is 2. The van der Waals surface area contributed by atoms with Crippen molar-refractivity contribution in [2.75, 3.05) is 6.54 Å². The van der Waals surface area contributed by atoms with E-state index in [0.717, 1.165) is 12.1 Å². The van der Waals surface area contributed by atoms with Gasteiger partial charge in [0.05, 0.1) is 0 Å². The molecule has 4 heterocycles. The summed E-state index contributed by atoms with van der Waals surface area (Å²) >= 11 is 1.40. The molecule has 2 bridgehead atoms. The predicted molar refractivity (Wildman–Crippen MR) is 128 cm³/mol. The first kappa shape index (κ1) is 24.3. The number of nitrogens with one attached hydrogen (secondary N) is 1. The van der Waals surface area contributed by atoms with E-state index >= 15 is 0 Å². The van der Waals surface area contributed by atoms with Gasteiger partial charge in [0.2, 0.25) is 10.4 Å². The molecule has 12 heteroatoms. The second-order valence-corrected chi connectivity index (χ2v) is 10.8. The molecule has 3 atom stereocenters. The quantitative estimate of drug-likeness (QED) is 0.646. The van der Waals surface area contributed by atoms with Gasteiger partial charge in [0.1, 0.15) is 28.3 Å². The van der Waals surface area contributed by atoms with Crippen molar-refractivity contribution < 1.29 is 28.3 Å². The van der Waals surface area contributed by atoms with Crippen LogP contribution in [0.1, 0.15) is 64.7 Å². The van der Waals surface area contributed by atoms with Gasteiger partial charge in [-0.05, 0) is 44.9 Å². The Bertz CT molecular complexity index is 1370. The van der Waals surface area contributed by atoms with Crippen LogP contribution >= 0.6 is 11.8 Å². The summed E-state index contributed by atoms with van der Waals surface area (Å²) in [6.07, 6.45) is 2.36. The van der Waals surface area contributed by atoms with E-state index in [2.05, 4.69) is 10.5 Å².